The molecule has 0 radical (unpaired) electrons. The van der Waals surface area contributed by atoms with Crippen LogP contribution >= 0.6 is 0 Å². The van der Waals surface area contributed by atoms with Crippen molar-refractivity contribution in [3.8, 4) is 0 Å². The molecule has 28 valence electrons. The van der Waals surface area contributed by atoms with Crippen LogP contribution in [0.2, 0.25) is 0 Å². The van der Waals surface area contributed by atoms with E-state index in [0.717, 1.165) is 6.42 Å². The maximum absolute atomic E-state index is 3.49. The van der Waals surface area contributed by atoms with Crippen molar-refractivity contribution in [1.29, 1.82) is 0 Å². The first-order valence-corrected chi connectivity index (χ1v) is 1.21. The molecule has 0 N–H and O–H groups in total. The zero-order valence-electron chi connectivity index (χ0n) is 3.50. The molecule has 0 atom stereocenters. The Bertz CT molecular complexity index is 6.85. The predicted octanol–water partition coefficient (Wildman–Crippen LogP) is -1.77. The third-order valence-electron chi connectivity index (χ3n) is 0. The summed E-state index contributed by atoms with van der Waals surface area (Å²) in [5.74, 6) is 0. The fraction of sp³-hybridized carbons (Fsp3) is 0.667. The zero-order chi connectivity index (χ0) is 2.71. The summed E-state index contributed by atoms with van der Waals surface area (Å²) >= 11 is 0. The van der Waals surface area contributed by atoms with E-state index in [1.807, 2.05) is 6.92 Å². The monoisotopic (exact) mass is 284 g/mol. The smallest absolute Gasteiger partial charge is 1.00 e. The van der Waals surface area contributed by atoms with Crippen molar-refractivity contribution in [3.63, 3.8) is 0 Å². The Morgan fingerprint density at radius 2 is 1.60 bits per heavy atom. The van der Waals surface area contributed by atoms with Gasteiger partial charge in [-0.3, -0.25) is 0 Å². The molecule has 0 rings (SSSR count). The summed E-state index contributed by atoms with van der Waals surface area (Å²) in [5.41, 5.74) is 0. The van der Waals surface area contributed by atoms with Gasteiger partial charge in [0.2, 0.25) is 0 Å². The minimum Gasteiger partial charge on any atom is -1.00 e. The van der Waals surface area contributed by atoms with E-state index in [-0.39, 0.29) is 51.3 Å². The number of halogens is 1. The molecule has 0 heterocycles. The van der Waals surface area contributed by atoms with Crippen LogP contribution in [0.3, 0.4) is 0 Å². The normalized spacial score (nSPS) is 3.60. The Morgan fingerprint density at radius 3 is 1.60 bits per heavy atom. The van der Waals surface area contributed by atoms with Gasteiger partial charge in [-0.2, -0.15) is 6.42 Å². The van der Waals surface area contributed by atoms with Gasteiger partial charge in [0, 0.05) is 0 Å². The number of hydrogen-bond donors (Lipinski definition) is 0. The fourth-order valence-corrected chi connectivity index (χ4v) is 0. The molecule has 0 aliphatic heterocycles. The standard InChI is InChI=1S/C3H7.Cd.HI/c1-3-2;;/h1,3H2,2H3;;1H/q-1;+2;/p-1. The van der Waals surface area contributed by atoms with E-state index >= 15 is 0 Å². The van der Waals surface area contributed by atoms with Crippen molar-refractivity contribution in [2.24, 2.45) is 0 Å². The Hall–Kier alpha value is 1.65. The Balaban J connectivity index is -0.0000000200. The summed E-state index contributed by atoms with van der Waals surface area (Å²) in [7, 11) is 0. The van der Waals surface area contributed by atoms with Gasteiger partial charge >= 0.3 is 27.3 Å². The molecule has 5 heavy (non-hydrogen) atoms. The number of rotatable bonds is 0. The van der Waals surface area contributed by atoms with E-state index in [4.69, 9.17) is 0 Å². The Labute approximate surface area is 70.9 Å². The largest absolute Gasteiger partial charge is 2.00 e. The summed E-state index contributed by atoms with van der Waals surface area (Å²) in [6, 6.07) is 0. The van der Waals surface area contributed by atoms with Gasteiger partial charge in [0.05, 0.1) is 0 Å². The molecule has 2 heteroatoms. The molecule has 0 saturated heterocycles. The summed E-state index contributed by atoms with van der Waals surface area (Å²) in [4.78, 5) is 0. The maximum Gasteiger partial charge on any atom is 2.00 e. The fourth-order valence-electron chi connectivity index (χ4n) is 0. The third-order valence-corrected chi connectivity index (χ3v) is 0. The molecule has 0 aromatic carbocycles. The molecule has 0 amide bonds. The number of hydrogen-bond acceptors (Lipinski definition) is 0. The Kier molecular flexibility index (Phi) is 55.4. The van der Waals surface area contributed by atoms with E-state index < -0.39 is 0 Å². The Morgan fingerprint density at radius 1 is 1.60 bits per heavy atom. The molecule has 0 aromatic rings. The topological polar surface area (TPSA) is 0 Å². The third kappa shape index (κ3) is 27.6. The van der Waals surface area contributed by atoms with Gasteiger partial charge in [-0.25, -0.2) is 0 Å². The second-order valence-corrected chi connectivity index (χ2v) is 0.500. The van der Waals surface area contributed by atoms with Crippen LogP contribution in [0.5, 0.6) is 0 Å². The molecule has 0 saturated carbocycles. The van der Waals surface area contributed by atoms with Gasteiger partial charge in [-0.1, -0.05) is 6.92 Å². The SMILES string of the molecule is [CH2-]CC.[Cd+2].[I-]. The van der Waals surface area contributed by atoms with Crippen LogP contribution in [0.15, 0.2) is 0 Å². The van der Waals surface area contributed by atoms with Crippen molar-refractivity contribution in [2.45, 2.75) is 13.3 Å². The molecule has 0 bridgehead atoms. The van der Waals surface area contributed by atoms with E-state index in [1.54, 1.807) is 0 Å². The van der Waals surface area contributed by atoms with E-state index in [2.05, 4.69) is 6.92 Å². The van der Waals surface area contributed by atoms with E-state index in [9.17, 15) is 0 Å². The molecular weight excluding hydrogens is 275 g/mol. The quantitative estimate of drug-likeness (QED) is 0.280. The molecule has 0 aliphatic carbocycles. The minimum absolute atomic E-state index is 0. The maximum atomic E-state index is 3.49. The summed E-state index contributed by atoms with van der Waals surface area (Å²) < 4.78 is 0. The molecule has 0 nitrogen and oxygen atoms in total. The van der Waals surface area contributed by atoms with Crippen LogP contribution in [-0.4, -0.2) is 0 Å². The van der Waals surface area contributed by atoms with Crippen molar-refractivity contribution in [3.05, 3.63) is 6.92 Å². The van der Waals surface area contributed by atoms with Crippen molar-refractivity contribution in [2.75, 3.05) is 0 Å². The molecule has 0 spiro atoms. The van der Waals surface area contributed by atoms with Gasteiger partial charge < -0.3 is 30.9 Å². The summed E-state index contributed by atoms with van der Waals surface area (Å²) in [6.45, 7) is 5.50. The van der Waals surface area contributed by atoms with E-state index in [0.29, 0.717) is 0 Å². The van der Waals surface area contributed by atoms with Gasteiger partial charge in [0.25, 0.3) is 0 Å². The van der Waals surface area contributed by atoms with Crippen molar-refractivity contribution >= 4 is 0 Å². The minimum atomic E-state index is 0. The average Bonchev–Trinajstić information content (AvgIpc) is 0.918. The molecular formula is C3H7CdI. The molecule has 0 aliphatic rings. The first-order chi connectivity index (χ1) is 1.41. The summed E-state index contributed by atoms with van der Waals surface area (Å²) in [5, 5.41) is 0. The predicted molar refractivity (Wildman–Crippen MR) is 15.6 cm³/mol. The zero-order valence-corrected chi connectivity index (χ0v) is 9.69. The van der Waals surface area contributed by atoms with Gasteiger partial charge in [0.15, 0.2) is 0 Å². The molecule has 0 aromatic heterocycles. The first kappa shape index (κ1) is 15.9. The van der Waals surface area contributed by atoms with Crippen LogP contribution in [0.25, 0.3) is 0 Å². The van der Waals surface area contributed by atoms with Crippen LogP contribution in [0.1, 0.15) is 13.3 Å². The molecule has 0 fully saturated rings. The van der Waals surface area contributed by atoms with Gasteiger partial charge in [-0.15, -0.1) is 0 Å². The van der Waals surface area contributed by atoms with E-state index in [1.165, 1.54) is 0 Å². The second kappa shape index (κ2) is 17.4. The molecule has 0 unspecified atom stereocenters. The van der Waals surface area contributed by atoms with Crippen LogP contribution in [0, 0.1) is 6.92 Å². The van der Waals surface area contributed by atoms with Crippen LogP contribution in [-0.2, 0) is 27.3 Å². The van der Waals surface area contributed by atoms with Crippen LogP contribution < -0.4 is 24.0 Å². The average molecular weight is 282 g/mol. The van der Waals surface area contributed by atoms with Crippen LogP contribution in [0.4, 0.5) is 0 Å². The van der Waals surface area contributed by atoms with Gasteiger partial charge in [0.1, 0.15) is 0 Å². The van der Waals surface area contributed by atoms with Gasteiger partial charge in [-0.05, 0) is 0 Å². The summed E-state index contributed by atoms with van der Waals surface area (Å²) in [6.07, 6.45) is 1.00. The van der Waals surface area contributed by atoms with Crippen molar-refractivity contribution < 1.29 is 51.3 Å². The first-order valence-electron chi connectivity index (χ1n) is 1.21. The van der Waals surface area contributed by atoms with Crippen molar-refractivity contribution in [1.82, 2.24) is 0 Å². The second-order valence-electron chi connectivity index (χ2n) is 0.500.